The Morgan fingerprint density at radius 1 is 1.22 bits per heavy atom. The molecule has 2 nitrogen and oxygen atoms in total. The average molecular weight is 311 g/mol. The van der Waals surface area contributed by atoms with E-state index in [0.717, 1.165) is 30.7 Å². The highest BCUT2D eigenvalue weighted by atomic mass is 19.1. The van der Waals surface area contributed by atoms with Gasteiger partial charge < -0.3 is 10.1 Å². The minimum atomic E-state index is -0.152. The van der Waals surface area contributed by atoms with Gasteiger partial charge in [0.1, 0.15) is 11.6 Å². The van der Waals surface area contributed by atoms with E-state index < -0.39 is 0 Å². The van der Waals surface area contributed by atoms with Gasteiger partial charge in [-0.2, -0.15) is 0 Å². The van der Waals surface area contributed by atoms with Gasteiger partial charge in [-0.3, -0.25) is 0 Å². The van der Waals surface area contributed by atoms with E-state index in [1.165, 1.54) is 30.0 Å². The molecule has 120 valence electrons. The second-order valence-electron chi connectivity index (χ2n) is 6.84. The van der Waals surface area contributed by atoms with Crippen LogP contribution in [-0.2, 0) is 11.8 Å². The van der Waals surface area contributed by atoms with Crippen LogP contribution in [0.1, 0.15) is 42.0 Å². The third-order valence-electron chi connectivity index (χ3n) is 5.36. The van der Waals surface area contributed by atoms with Crippen molar-refractivity contribution >= 4 is 0 Å². The summed E-state index contributed by atoms with van der Waals surface area (Å²) in [6.07, 6.45) is 4.39. The number of halogens is 1. The quantitative estimate of drug-likeness (QED) is 0.916. The predicted octanol–water partition coefficient (Wildman–Crippen LogP) is 4.14. The number of methoxy groups -OCH3 is 1. The van der Waals surface area contributed by atoms with Gasteiger partial charge in [-0.1, -0.05) is 18.2 Å². The number of nitrogens with one attached hydrogen (secondary N) is 1. The molecule has 0 aromatic heterocycles. The maximum atomic E-state index is 13.3. The Kier molecular flexibility index (Phi) is 3.61. The molecule has 3 heteroatoms. The number of aryl methyl sites for hydroxylation is 1. The maximum absolute atomic E-state index is 13.3. The molecule has 2 aromatic rings. The fourth-order valence-electron chi connectivity index (χ4n) is 3.81. The van der Waals surface area contributed by atoms with E-state index in [1.54, 1.807) is 19.2 Å². The molecule has 23 heavy (non-hydrogen) atoms. The van der Waals surface area contributed by atoms with Gasteiger partial charge in [0.15, 0.2) is 0 Å². The Morgan fingerprint density at radius 2 is 2.09 bits per heavy atom. The lowest BCUT2D eigenvalue weighted by Crippen LogP contribution is -2.37. The molecule has 1 aliphatic heterocycles. The molecule has 1 atom stereocenters. The van der Waals surface area contributed by atoms with Crippen molar-refractivity contribution in [2.75, 3.05) is 13.7 Å². The van der Waals surface area contributed by atoms with Crippen LogP contribution in [-0.4, -0.2) is 13.7 Å². The molecular weight excluding hydrogens is 289 g/mol. The summed E-state index contributed by atoms with van der Waals surface area (Å²) in [6, 6.07) is 13.7. The van der Waals surface area contributed by atoms with Crippen molar-refractivity contribution in [3.05, 3.63) is 65.0 Å². The highest BCUT2D eigenvalue weighted by Crippen LogP contribution is 2.53. The standard InChI is InChI=1S/C20H22FNO/c1-23-16-6-7-17-18(12-16)20(9-10-20)13-22-19(17)8-5-14-3-2-4-15(21)11-14/h2-4,6-7,11-12,19,22H,5,8-10,13H2,1H3. The first kappa shape index (κ1) is 14.7. The molecule has 1 aliphatic carbocycles. The highest BCUT2D eigenvalue weighted by molar-refractivity contribution is 5.47. The molecule has 1 heterocycles. The van der Waals surface area contributed by atoms with Crippen molar-refractivity contribution in [3.63, 3.8) is 0 Å². The van der Waals surface area contributed by atoms with Gasteiger partial charge in [-0.15, -0.1) is 0 Å². The molecule has 1 saturated carbocycles. The van der Waals surface area contributed by atoms with Crippen molar-refractivity contribution in [1.82, 2.24) is 5.32 Å². The van der Waals surface area contributed by atoms with E-state index in [-0.39, 0.29) is 5.82 Å². The number of hydrogen-bond donors (Lipinski definition) is 1. The second-order valence-corrected chi connectivity index (χ2v) is 6.84. The molecule has 1 spiro atoms. The Bertz CT molecular complexity index is 723. The average Bonchev–Trinajstić information content (AvgIpc) is 3.35. The molecule has 4 rings (SSSR count). The van der Waals surface area contributed by atoms with E-state index in [0.29, 0.717) is 11.5 Å². The Balaban J connectivity index is 1.57. The summed E-state index contributed by atoms with van der Waals surface area (Å²) in [5.74, 6) is 0.793. The largest absolute Gasteiger partial charge is 0.497 e. The minimum Gasteiger partial charge on any atom is -0.497 e. The van der Waals surface area contributed by atoms with E-state index in [1.807, 2.05) is 6.07 Å². The van der Waals surface area contributed by atoms with Crippen LogP contribution in [0.4, 0.5) is 4.39 Å². The molecular formula is C20H22FNO. The summed E-state index contributed by atoms with van der Waals surface area (Å²) in [5.41, 5.74) is 4.25. The normalized spacial score (nSPS) is 21.0. The van der Waals surface area contributed by atoms with Crippen LogP contribution < -0.4 is 10.1 Å². The number of fused-ring (bicyclic) bond motifs is 2. The van der Waals surface area contributed by atoms with E-state index in [9.17, 15) is 4.39 Å². The van der Waals surface area contributed by atoms with Gasteiger partial charge in [0.2, 0.25) is 0 Å². The molecule has 2 aromatic carbocycles. The summed E-state index contributed by atoms with van der Waals surface area (Å²) in [7, 11) is 1.73. The Labute approximate surface area is 136 Å². The van der Waals surface area contributed by atoms with E-state index >= 15 is 0 Å². The van der Waals surface area contributed by atoms with Crippen LogP contribution in [0.25, 0.3) is 0 Å². The van der Waals surface area contributed by atoms with Crippen LogP contribution in [0.5, 0.6) is 5.75 Å². The van der Waals surface area contributed by atoms with Crippen LogP contribution in [0.15, 0.2) is 42.5 Å². The fourth-order valence-corrected chi connectivity index (χ4v) is 3.81. The fraction of sp³-hybridized carbons (Fsp3) is 0.400. The van der Waals surface area contributed by atoms with Gasteiger partial charge in [0.25, 0.3) is 0 Å². The number of rotatable bonds is 4. The van der Waals surface area contributed by atoms with Crippen molar-refractivity contribution in [1.29, 1.82) is 0 Å². The van der Waals surface area contributed by atoms with Crippen molar-refractivity contribution in [2.24, 2.45) is 0 Å². The SMILES string of the molecule is COc1ccc2c(c1)C1(CC1)CNC2CCc1cccc(F)c1. The molecule has 1 N–H and O–H groups in total. The van der Waals surface area contributed by atoms with Gasteiger partial charge in [0.05, 0.1) is 7.11 Å². The zero-order valence-corrected chi connectivity index (χ0v) is 13.4. The van der Waals surface area contributed by atoms with E-state index in [4.69, 9.17) is 4.74 Å². The van der Waals surface area contributed by atoms with Gasteiger partial charge >= 0.3 is 0 Å². The first-order valence-electron chi connectivity index (χ1n) is 8.36. The summed E-state index contributed by atoms with van der Waals surface area (Å²) >= 11 is 0. The van der Waals surface area contributed by atoms with Gasteiger partial charge in [-0.25, -0.2) is 4.39 Å². The van der Waals surface area contributed by atoms with Crippen LogP contribution in [0.3, 0.4) is 0 Å². The van der Waals surface area contributed by atoms with Gasteiger partial charge in [-0.05, 0) is 66.6 Å². The van der Waals surface area contributed by atoms with Crippen LogP contribution >= 0.6 is 0 Å². The maximum Gasteiger partial charge on any atom is 0.123 e. The van der Waals surface area contributed by atoms with Crippen LogP contribution in [0.2, 0.25) is 0 Å². The van der Waals surface area contributed by atoms with E-state index in [2.05, 4.69) is 23.5 Å². The summed E-state index contributed by atoms with van der Waals surface area (Å²) in [6.45, 7) is 1.04. The van der Waals surface area contributed by atoms with Crippen LogP contribution in [0, 0.1) is 5.82 Å². The zero-order valence-electron chi connectivity index (χ0n) is 13.4. The van der Waals surface area contributed by atoms with Crippen molar-refractivity contribution in [2.45, 2.75) is 37.1 Å². The summed E-state index contributed by atoms with van der Waals surface area (Å²) in [4.78, 5) is 0. The van der Waals surface area contributed by atoms with Crippen molar-refractivity contribution < 1.29 is 9.13 Å². The highest BCUT2D eigenvalue weighted by Gasteiger charge is 2.48. The second kappa shape index (κ2) is 5.64. The lowest BCUT2D eigenvalue weighted by atomic mass is 9.82. The molecule has 1 fully saturated rings. The first-order chi connectivity index (χ1) is 11.2. The zero-order chi connectivity index (χ0) is 15.9. The Morgan fingerprint density at radius 3 is 2.83 bits per heavy atom. The molecule has 0 saturated heterocycles. The summed E-state index contributed by atoms with van der Waals surface area (Å²) in [5, 5.41) is 3.72. The molecule has 1 unspecified atom stereocenters. The minimum absolute atomic E-state index is 0.152. The number of ether oxygens (including phenoxy) is 1. The topological polar surface area (TPSA) is 21.3 Å². The monoisotopic (exact) mass is 311 g/mol. The Hall–Kier alpha value is -1.87. The summed E-state index contributed by atoms with van der Waals surface area (Å²) < 4.78 is 18.8. The third-order valence-corrected chi connectivity index (χ3v) is 5.36. The third kappa shape index (κ3) is 2.74. The number of hydrogen-bond acceptors (Lipinski definition) is 2. The smallest absolute Gasteiger partial charge is 0.123 e. The molecule has 0 amide bonds. The van der Waals surface area contributed by atoms with Crippen molar-refractivity contribution in [3.8, 4) is 5.75 Å². The van der Waals surface area contributed by atoms with Gasteiger partial charge in [0, 0.05) is 18.0 Å². The lowest BCUT2D eigenvalue weighted by molar-refractivity contribution is 0.401. The molecule has 0 bridgehead atoms. The molecule has 0 radical (unpaired) electrons. The predicted molar refractivity (Wildman–Crippen MR) is 89.4 cm³/mol. The molecule has 2 aliphatic rings. The lowest BCUT2D eigenvalue weighted by Gasteiger charge is -2.33. The first-order valence-corrected chi connectivity index (χ1v) is 8.36. The number of benzene rings is 2.